The van der Waals surface area contributed by atoms with Gasteiger partial charge >= 0.3 is 0 Å². The molecule has 1 atom stereocenters. The molecular formula is C26H23N5O3. The summed E-state index contributed by atoms with van der Waals surface area (Å²) in [5.41, 5.74) is 6.59. The molecule has 8 nitrogen and oxygen atoms in total. The number of hydrazine groups is 1. The molecule has 0 fully saturated rings. The number of para-hydroxylation sites is 2. The van der Waals surface area contributed by atoms with Crippen molar-refractivity contribution in [1.82, 2.24) is 5.43 Å². The predicted octanol–water partition coefficient (Wildman–Crippen LogP) is 3.17. The van der Waals surface area contributed by atoms with Crippen molar-refractivity contribution in [3.63, 3.8) is 0 Å². The average molecular weight is 454 g/mol. The largest absolute Gasteiger partial charge is 0.319 e. The molecule has 0 saturated carbocycles. The third kappa shape index (κ3) is 4.01. The molecule has 2 N–H and O–H groups in total. The van der Waals surface area contributed by atoms with Gasteiger partial charge in [0.05, 0.1) is 5.69 Å². The second-order valence-electron chi connectivity index (χ2n) is 8.14. The molecule has 0 aromatic heterocycles. The van der Waals surface area contributed by atoms with Crippen LogP contribution in [-0.2, 0) is 16.0 Å². The second kappa shape index (κ2) is 8.82. The molecule has 0 aliphatic carbocycles. The standard InChI is InChI=1S/C26H23N5O3/c1-17-25(33)31(21-8-3-2-4-9-21)29-23(27-17)24(32)28-20-13-11-19(12-14-20)26(34)30-16-15-18-7-5-6-10-22(18)30/h2-14,17H,15-16H2,1H3,(H,27,29)(H,28,32). The van der Waals surface area contributed by atoms with Crippen LogP contribution in [-0.4, -0.2) is 36.1 Å². The summed E-state index contributed by atoms with van der Waals surface area (Å²) in [6.07, 6.45) is 0.839. The molecule has 0 saturated heterocycles. The Morgan fingerprint density at radius 2 is 1.68 bits per heavy atom. The lowest BCUT2D eigenvalue weighted by molar-refractivity contribution is -0.120. The van der Waals surface area contributed by atoms with E-state index in [1.165, 1.54) is 5.01 Å². The van der Waals surface area contributed by atoms with Crippen LogP contribution in [0.25, 0.3) is 0 Å². The predicted molar refractivity (Wildman–Crippen MR) is 131 cm³/mol. The Morgan fingerprint density at radius 3 is 2.44 bits per heavy atom. The van der Waals surface area contributed by atoms with Gasteiger partial charge in [0.15, 0.2) is 0 Å². The van der Waals surface area contributed by atoms with E-state index in [-0.39, 0.29) is 17.6 Å². The first kappa shape index (κ1) is 21.4. The van der Waals surface area contributed by atoms with E-state index in [4.69, 9.17) is 0 Å². The van der Waals surface area contributed by atoms with Gasteiger partial charge < -0.3 is 10.2 Å². The van der Waals surface area contributed by atoms with Crippen LogP contribution in [0.15, 0.2) is 83.9 Å². The van der Waals surface area contributed by atoms with Crippen LogP contribution in [0.2, 0.25) is 0 Å². The molecule has 3 amide bonds. The van der Waals surface area contributed by atoms with Crippen LogP contribution in [0.4, 0.5) is 17.1 Å². The third-order valence-electron chi connectivity index (χ3n) is 5.87. The smallest absolute Gasteiger partial charge is 0.292 e. The van der Waals surface area contributed by atoms with Crippen molar-refractivity contribution in [2.45, 2.75) is 19.4 Å². The van der Waals surface area contributed by atoms with Gasteiger partial charge in [-0.25, -0.2) is 10.0 Å². The Kier molecular flexibility index (Phi) is 5.55. The zero-order chi connectivity index (χ0) is 23.7. The van der Waals surface area contributed by atoms with Crippen LogP contribution in [0, 0.1) is 0 Å². The summed E-state index contributed by atoms with van der Waals surface area (Å²) in [6.45, 7) is 2.29. The zero-order valence-corrected chi connectivity index (χ0v) is 18.6. The molecule has 0 radical (unpaired) electrons. The summed E-state index contributed by atoms with van der Waals surface area (Å²) in [4.78, 5) is 44.3. The summed E-state index contributed by atoms with van der Waals surface area (Å²) in [6, 6.07) is 23.0. The lowest BCUT2D eigenvalue weighted by Crippen LogP contribution is -2.57. The van der Waals surface area contributed by atoms with Crippen LogP contribution in [0.1, 0.15) is 22.8 Å². The minimum atomic E-state index is -0.703. The van der Waals surface area contributed by atoms with Crippen molar-refractivity contribution in [3.8, 4) is 0 Å². The van der Waals surface area contributed by atoms with E-state index in [1.54, 1.807) is 48.2 Å². The van der Waals surface area contributed by atoms with Gasteiger partial charge in [-0.1, -0.05) is 36.4 Å². The Bertz CT molecular complexity index is 1290. The number of nitrogens with one attached hydrogen (secondary N) is 2. The van der Waals surface area contributed by atoms with Gasteiger partial charge in [-0.15, -0.1) is 0 Å². The van der Waals surface area contributed by atoms with Crippen molar-refractivity contribution in [2.24, 2.45) is 4.99 Å². The molecular weight excluding hydrogens is 430 g/mol. The van der Waals surface area contributed by atoms with Gasteiger partial charge in [-0.2, -0.15) is 0 Å². The molecule has 170 valence electrons. The number of aliphatic imine (C=N–C) groups is 1. The number of benzene rings is 3. The number of hydrogen-bond acceptors (Lipinski definition) is 5. The lowest BCUT2D eigenvalue weighted by atomic mass is 10.1. The number of fused-ring (bicyclic) bond motifs is 1. The van der Waals surface area contributed by atoms with E-state index in [1.807, 2.05) is 42.5 Å². The number of amidine groups is 1. The summed E-state index contributed by atoms with van der Waals surface area (Å²) in [7, 11) is 0. The van der Waals surface area contributed by atoms with E-state index in [9.17, 15) is 14.4 Å². The highest BCUT2D eigenvalue weighted by molar-refractivity contribution is 6.43. The SMILES string of the molecule is CC1N=C(C(=O)Nc2ccc(C(=O)N3CCc4ccccc43)cc2)NN(c2ccccc2)C1=O. The van der Waals surface area contributed by atoms with E-state index in [2.05, 4.69) is 15.7 Å². The summed E-state index contributed by atoms with van der Waals surface area (Å²) < 4.78 is 0. The molecule has 1 unspecified atom stereocenters. The Labute approximate surface area is 196 Å². The van der Waals surface area contributed by atoms with Crippen LogP contribution < -0.4 is 20.7 Å². The van der Waals surface area contributed by atoms with Gasteiger partial charge in [0.2, 0.25) is 5.84 Å². The van der Waals surface area contributed by atoms with Crippen LogP contribution >= 0.6 is 0 Å². The first-order valence-electron chi connectivity index (χ1n) is 11.1. The topological polar surface area (TPSA) is 94.1 Å². The van der Waals surface area contributed by atoms with E-state index < -0.39 is 11.9 Å². The fourth-order valence-corrected chi connectivity index (χ4v) is 4.10. The number of anilines is 3. The molecule has 0 spiro atoms. The fourth-order valence-electron chi connectivity index (χ4n) is 4.10. The summed E-state index contributed by atoms with van der Waals surface area (Å²) >= 11 is 0. The molecule has 5 rings (SSSR count). The van der Waals surface area contributed by atoms with Crippen LogP contribution in [0.3, 0.4) is 0 Å². The molecule has 8 heteroatoms. The fraction of sp³-hybridized carbons (Fsp3) is 0.154. The average Bonchev–Trinajstić information content (AvgIpc) is 3.30. The quantitative estimate of drug-likeness (QED) is 0.635. The van der Waals surface area contributed by atoms with Gasteiger partial charge in [0.1, 0.15) is 6.04 Å². The maximum absolute atomic E-state index is 13.0. The van der Waals surface area contributed by atoms with Crippen molar-refractivity contribution >= 4 is 40.6 Å². The number of nitrogens with zero attached hydrogens (tertiary/aromatic N) is 3. The summed E-state index contributed by atoms with van der Waals surface area (Å²) in [5.74, 6) is -0.779. The number of carbonyl (C=O) groups is 3. The minimum Gasteiger partial charge on any atom is -0.319 e. The van der Waals surface area contributed by atoms with Crippen molar-refractivity contribution < 1.29 is 14.4 Å². The summed E-state index contributed by atoms with van der Waals surface area (Å²) in [5, 5.41) is 4.10. The second-order valence-corrected chi connectivity index (χ2v) is 8.14. The molecule has 0 bridgehead atoms. The normalized spacial score (nSPS) is 17.0. The molecule has 3 aromatic rings. The Balaban J connectivity index is 1.28. The lowest BCUT2D eigenvalue weighted by Gasteiger charge is -2.30. The maximum atomic E-state index is 13.0. The third-order valence-corrected chi connectivity index (χ3v) is 5.87. The van der Waals surface area contributed by atoms with Crippen molar-refractivity contribution in [1.29, 1.82) is 0 Å². The molecule has 3 aromatic carbocycles. The first-order valence-corrected chi connectivity index (χ1v) is 11.1. The van der Waals surface area contributed by atoms with Gasteiger partial charge in [0.25, 0.3) is 17.7 Å². The minimum absolute atomic E-state index is 0.0322. The molecule has 2 aliphatic heterocycles. The van der Waals surface area contributed by atoms with Gasteiger partial charge in [-0.05, 0) is 61.4 Å². The van der Waals surface area contributed by atoms with E-state index >= 15 is 0 Å². The zero-order valence-electron chi connectivity index (χ0n) is 18.6. The molecule has 2 aliphatic rings. The van der Waals surface area contributed by atoms with E-state index in [0.29, 0.717) is 23.5 Å². The number of carbonyl (C=O) groups excluding carboxylic acids is 3. The highest BCUT2D eigenvalue weighted by atomic mass is 16.2. The van der Waals surface area contributed by atoms with Crippen molar-refractivity contribution in [3.05, 3.63) is 90.0 Å². The first-order chi connectivity index (χ1) is 16.5. The maximum Gasteiger partial charge on any atom is 0.292 e. The van der Waals surface area contributed by atoms with E-state index in [0.717, 1.165) is 17.7 Å². The monoisotopic (exact) mass is 453 g/mol. The number of hydrogen-bond donors (Lipinski definition) is 2. The highest BCUT2D eigenvalue weighted by Crippen LogP contribution is 2.29. The molecule has 34 heavy (non-hydrogen) atoms. The Morgan fingerprint density at radius 1 is 0.971 bits per heavy atom. The molecule has 2 heterocycles. The Hall–Kier alpha value is -4.46. The number of amides is 3. The van der Waals surface area contributed by atoms with Gasteiger partial charge in [-0.3, -0.25) is 19.8 Å². The number of rotatable bonds is 4. The highest BCUT2D eigenvalue weighted by Gasteiger charge is 2.31. The van der Waals surface area contributed by atoms with Crippen LogP contribution in [0.5, 0.6) is 0 Å². The van der Waals surface area contributed by atoms with Crippen molar-refractivity contribution in [2.75, 3.05) is 21.8 Å². The van der Waals surface area contributed by atoms with Gasteiger partial charge in [0, 0.05) is 23.5 Å².